The van der Waals surface area contributed by atoms with Gasteiger partial charge < -0.3 is 20.2 Å². The van der Waals surface area contributed by atoms with E-state index < -0.39 is 37.4 Å². The Morgan fingerprint density at radius 3 is 2.28 bits per heavy atom. The highest BCUT2D eigenvalue weighted by Crippen LogP contribution is 2.48. The topological polar surface area (TPSA) is 209 Å². The van der Waals surface area contributed by atoms with Gasteiger partial charge in [0.15, 0.2) is 0 Å². The third-order valence-electron chi connectivity index (χ3n) is 8.36. The van der Waals surface area contributed by atoms with Crippen molar-refractivity contribution in [2.45, 2.75) is 75.0 Å². The number of unbranched alkanes of at least 4 members (excludes halogenated alkanes) is 3. The molecule has 1 unspecified atom stereocenters. The van der Waals surface area contributed by atoms with Crippen molar-refractivity contribution in [2.75, 3.05) is 30.1 Å². The second-order valence-corrected chi connectivity index (χ2v) is 15.8. The van der Waals surface area contributed by atoms with Crippen molar-refractivity contribution in [1.29, 1.82) is 0 Å². The van der Waals surface area contributed by atoms with E-state index in [2.05, 4.69) is 15.4 Å². The van der Waals surface area contributed by atoms with Crippen LogP contribution in [0.1, 0.15) is 80.6 Å². The zero-order valence-corrected chi connectivity index (χ0v) is 29.4. The van der Waals surface area contributed by atoms with E-state index in [1.807, 2.05) is 0 Å². The summed E-state index contributed by atoms with van der Waals surface area (Å²) in [5.74, 6) is -0.843. The van der Waals surface area contributed by atoms with Crippen LogP contribution in [0, 0.1) is 5.92 Å². The first kappa shape index (κ1) is 38.7. The Morgan fingerprint density at radius 1 is 0.880 bits per heavy atom. The average molecular weight is 732 g/mol. The second-order valence-electron chi connectivity index (χ2n) is 12.5. The Labute approximate surface area is 292 Å². The number of benzene rings is 2. The van der Waals surface area contributed by atoms with Crippen molar-refractivity contribution in [1.82, 2.24) is 10.6 Å². The summed E-state index contributed by atoms with van der Waals surface area (Å²) in [5, 5.41) is 16.5. The number of anilines is 1. The van der Waals surface area contributed by atoms with Crippen molar-refractivity contribution in [3.05, 3.63) is 88.0 Å². The third kappa shape index (κ3) is 12.7. The third-order valence-corrected chi connectivity index (χ3v) is 10.5. The minimum absolute atomic E-state index is 0.00630. The molecule has 1 aliphatic rings. The molecule has 1 aromatic heterocycles. The van der Waals surface area contributed by atoms with Crippen LogP contribution in [0.3, 0.4) is 0 Å². The largest absolute Gasteiger partial charge is 0.507 e. The van der Waals surface area contributed by atoms with Gasteiger partial charge >= 0.3 is 5.63 Å². The van der Waals surface area contributed by atoms with E-state index in [0.29, 0.717) is 62.1 Å². The maximum absolute atomic E-state index is 13.2. The number of aromatic hydroxyl groups is 1. The average Bonchev–Trinajstić information content (AvgIpc) is 3.90. The minimum atomic E-state index is -4.05. The van der Waals surface area contributed by atoms with Crippen LogP contribution >= 0.6 is 0 Å². The summed E-state index contributed by atoms with van der Waals surface area (Å²) in [7, 11) is -7.87. The molecule has 4 rings (SSSR count). The zero-order valence-electron chi connectivity index (χ0n) is 27.8. The van der Waals surface area contributed by atoms with Gasteiger partial charge in [0.25, 0.3) is 20.1 Å². The molecule has 1 amide bonds. The van der Waals surface area contributed by atoms with Gasteiger partial charge in [-0.05, 0) is 67.9 Å². The van der Waals surface area contributed by atoms with Crippen LogP contribution in [0.4, 0.5) is 5.69 Å². The maximum atomic E-state index is 13.2. The van der Waals surface area contributed by atoms with Gasteiger partial charge in [-0.2, -0.15) is 8.42 Å². The molecule has 0 spiro atoms. The van der Waals surface area contributed by atoms with Gasteiger partial charge in [-0.1, -0.05) is 43.2 Å². The molecule has 3 aromatic rings. The molecule has 15 heteroatoms. The molecule has 1 heterocycles. The lowest BCUT2D eigenvalue weighted by molar-refractivity contribution is -0.121. The molecule has 1 fully saturated rings. The van der Waals surface area contributed by atoms with Crippen molar-refractivity contribution < 1.29 is 40.5 Å². The fourth-order valence-corrected chi connectivity index (χ4v) is 7.19. The van der Waals surface area contributed by atoms with E-state index in [1.165, 1.54) is 18.2 Å². The Kier molecular flexibility index (Phi) is 14.2. The van der Waals surface area contributed by atoms with Gasteiger partial charge in [-0.25, -0.2) is 13.2 Å². The lowest BCUT2D eigenvalue weighted by Crippen LogP contribution is -2.28. The number of carbonyl (C=O) groups excluding carboxylic acids is 2. The Balaban J connectivity index is 1.20. The number of rotatable bonds is 22. The SMILES string of the molecule is O=C(CCCCCCC(=O)NCCCc1cc(O)c(C(c2cccc(NS(=O)(=O)c3ccccc3)c2)C2CC2)c(=O)o1)CNCCS(=O)(=O)O. The number of ketones is 1. The molecule has 1 aliphatic carbocycles. The molecule has 13 nitrogen and oxygen atoms in total. The molecule has 0 aliphatic heterocycles. The number of amides is 1. The predicted octanol–water partition coefficient (Wildman–Crippen LogP) is 4.12. The van der Waals surface area contributed by atoms with E-state index in [0.717, 1.165) is 25.7 Å². The first-order chi connectivity index (χ1) is 23.8. The van der Waals surface area contributed by atoms with Crippen LogP contribution < -0.4 is 21.0 Å². The Morgan fingerprint density at radius 2 is 1.60 bits per heavy atom. The number of nitrogens with one attached hydrogen (secondary N) is 3. The maximum Gasteiger partial charge on any atom is 0.343 e. The lowest BCUT2D eigenvalue weighted by atomic mass is 9.87. The molecule has 1 saturated carbocycles. The molecule has 1 atom stereocenters. The van der Waals surface area contributed by atoms with Crippen molar-refractivity contribution >= 4 is 37.5 Å². The summed E-state index contributed by atoms with van der Waals surface area (Å²) in [5.41, 5.74) is 0.529. The molecule has 50 heavy (non-hydrogen) atoms. The summed E-state index contributed by atoms with van der Waals surface area (Å²) in [6.45, 7) is 0.414. The lowest BCUT2D eigenvalue weighted by Gasteiger charge is -2.19. The van der Waals surface area contributed by atoms with Crippen LogP contribution in [0.25, 0.3) is 0 Å². The highest BCUT2D eigenvalue weighted by Gasteiger charge is 2.37. The molecular weight excluding hydrogens is 687 g/mol. The second kappa shape index (κ2) is 18.3. The molecule has 0 bridgehead atoms. The van der Waals surface area contributed by atoms with Crippen LogP contribution in [-0.2, 0) is 36.2 Å². The zero-order chi connectivity index (χ0) is 36.1. The Bertz CT molecular complexity index is 1880. The van der Waals surface area contributed by atoms with Gasteiger partial charge in [-0.3, -0.25) is 18.9 Å². The summed E-state index contributed by atoms with van der Waals surface area (Å²) < 4.78 is 63.9. The van der Waals surface area contributed by atoms with Gasteiger partial charge in [0.05, 0.1) is 22.8 Å². The van der Waals surface area contributed by atoms with E-state index in [4.69, 9.17) is 8.97 Å². The van der Waals surface area contributed by atoms with Crippen LogP contribution in [-0.4, -0.2) is 63.6 Å². The number of Topliss-reactive ketones (excluding diaryl/α,β-unsaturated/α-hetero) is 1. The first-order valence-corrected chi connectivity index (χ1v) is 19.9. The number of sulfonamides is 1. The first-order valence-electron chi connectivity index (χ1n) is 16.8. The highest BCUT2D eigenvalue weighted by molar-refractivity contribution is 7.92. The van der Waals surface area contributed by atoms with E-state index in [9.17, 15) is 36.3 Å². The van der Waals surface area contributed by atoms with Crippen molar-refractivity contribution in [3.63, 3.8) is 0 Å². The quantitative estimate of drug-likeness (QED) is 0.0733. The minimum Gasteiger partial charge on any atom is -0.507 e. The van der Waals surface area contributed by atoms with E-state index >= 15 is 0 Å². The van der Waals surface area contributed by atoms with Crippen LogP contribution in [0.15, 0.2) is 74.8 Å². The smallest absolute Gasteiger partial charge is 0.343 e. The summed E-state index contributed by atoms with van der Waals surface area (Å²) in [4.78, 5) is 37.4. The molecular formula is C35H45N3O10S2. The van der Waals surface area contributed by atoms with Crippen LogP contribution in [0.2, 0.25) is 0 Å². The molecule has 0 radical (unpaired) electrons. The number of hydrogen-bond acceptors (Lipinski definition) is 10. The van der Waals surface area contributed by atoms with Gasteiger partial charge in [0, 0.05) is 50.0 Å². The highest BCUT2D eigenvalue weighted by atomic mass is 32.2. The Hall–Kier alpha value is -4.05. The van der Waals surface area contributed by atoms with Gasteiger partial charge in [0.2, 0.25) is 5.91 Å². The van der Waals surface area contributed by atoms with E-state index in [1.54, 1.807) is 42.5 Å². The summed E-state index contributed by atoms with van der Waals surface area (Å²) in [6.07, 6.45) is 6.11. The summed E-state index contributed by atoms with van der Waals surface area (Å²) in [6, 6.07) is 16.3. The summed E-state index contributed by atoms with van der Waals surface area (Å²) >= 11 is 0. The monoisotopic (exact) mass is 731 g/mol. The standard InChI is InChI=1S/C35H45N3O10S2/c39-28(24-36-20-21-49(43,44)45)12-4-1-2-7-16-32(41)37-19-9-13-29-23-31(40)34(35(42)48-29)33(25-17-18-25)26-10-8-11-27(22-26)38-50(46,47)30-14-5-3-6-15-30/h3,5-6,8,10-11,14-15,22-23,25,33,36,38,40H,1-2,4,7,9,12-13,16-21,24H2,(H,37,41)(H,43,44,45). The van der Waals surface area contributed by atoms with Crippen LogP contribution in [0.5, 0.6) is 5.75 Å². The van der Waals surface area contributed by atoms with Gasteiger partial charge in [-0.15, -0.1) is 0 Å². The molecule has 5 N–H and O–H groups in total. The number of aryl methyl sites for hydroxylation is 1. The van der Waals surface area contributed by atoms with Gasteiger partial charge in [0.1, 0.15) is 17.3 Å². The molecule has 2 aromatic carbocycles. The van der Waals surface area contributed by atoms with Crippen molar-refractivity contribution in [2.24, 2.45) is 5.92 Å². The fourth-order valence-electron chi connectivity index (χ4n) is 5.72. The number of hydrogen-bond donors (Lipinski definition) is 5. The number of carbonyl (C=O) groups is 2. The van der Waals surface area contributed by atoms with Crippen molar-refractivity contribution in [3.8, 4) is 5.75 Å². The predicted molar refractivity (Wildman–Crippen MR) is 188 cm³/mol. The normalized spacial score (nSPS) is 13.9. The molecule has 0 saturated heterocycles. The molecule has 272 valence electrons. The fraction of sp³-hybridized carbons (Fsp3) is 0.457. The van der Waals surface area contributed by atoms with E-state index in [-0.39, 0.29) is 46.9 Å².